The highest BCUT2D eigenvalue weighted by molar-refractivity contribution is 5.73. The van der Waals surface area contributed by atoms with Gasteiger partial charge in [-0.2, -0.15) is 8.78 Å². The van der Waals surface area contributed by atoms with Crippen LogP contribution in [0.3, 0.4) is 0 Å². The van der Waals surface area contributed by atoms with Crippen LogP contribution in [0.1, 0.15) is 78.2 Å². The number of ether oxygens (including phenoxy) is 1. The van der Waals surface area contributed by atoms with Gasteiger partial charge in [0.15, 0.2) is 0 Å². The Morgan fingerprint density at radius 2 is 1.91 bits per heavy atom. The normalized spacial score (nSPS) is 24.1. The van der Waals surface area contributed by atoms with Gasteiger partial charge in [0.25, 0.3) is 0 Å². The molecule has 1 N–H and O–H groups in total. The monoisotopic (exact) mass is 495 g/mol. The van der Waals surface area contributed by atoms with Crippen molar-refractivity contribution in [3.8, 4) is 0 Å². The molecule has 0 unspecified atom stereocenters. The van der Waals surface area contributed by atoms with Crippen molar-refractivity contribution in [1.29, 1.82) is 0 Å². The van der Waals surface area contributed by atoms with Crippen molar-refractivity contribution < 1.29 is 18.3 Å². The average Bonchev–Trinajstić information content (AvgIpc) is 2.77. The largest absolute Gasteiger partial charge is 0.354 e. The predicted molar refractivity (Wildman–Crippen MR) is 134 cm³/mol. The van der Waals surface area contributed by atoms with E-state index in [1.54, 1.807) is 6.92 Å². The summed E-state index contributed by atoms with van der Waals surface area (Å²) in [6.07, 6.45) is 6.09. The zero-order chi connectivity index (χ0) is 25.6. The molecule has 2 heterocycles. The van der Waals surface area contributed by atoms with Crippen molar-refractivity contribution >= 4 is 11.7 Å². The number of carbonyl (C=O) groups is 1. The van der Waals surface area contributed by atoms with Gasteiger partial charge in [-0.15, -0.1) is 0 Å². The summed E-state index contributed by atoms with van der Waals surface area (Å²) in [6, 6.07) is 2.58. The minimum Gasteiger partial charge on any atom is -0.354 e. The van der Waals surface area contributed by atoms with E-state index in [-0.39, 0.29) is 17.9 Å². The summed E-state index contributed by atoms with van der Waals surface area (Å²) in [5.41, 5.74) is 0.503. The molecule has 1 aliphatic heterocycles. The molecule has 1 atom stereocenters. The van der Waals surface area contributed by atoms with Crippen molar-refractivity contribution in [3.63, 3.8) is 0 Å². The average molecular weight is 496 g/mol. The van der Waals surface area contributed by atoms with Gasteiger partial charge in [-0.05, 0) is 51.5 Å². The van der Waals surface area contributed by atoms with E-state index in [4.69, 9.17) is 4.98 Å². The molecule has 0 spiro atoms. The molecule has 2 aliphatic rings. The van der Waals surface area contributed by atoms with Gasteiger partial charge in [0.2, 0.25) is 5.91 Å². The van der Waals surface area contributed by atoms with E-state index < -0.39 is 6.61 Å². The van der Waals surface area contributed by atoms with Gasteiger partial charge in [0, 0.05) is 62.2 Å². The highest BCUT2D eigenvalue weighted by atomic mass is 19.3. The van der Waals surface area contributed by atoms with E-state index in [0.717, 1.165) is 62.3 Å². The number of carbonyl (C=O) groups excluding carboxylic acids is 1. The lowest BCUT2D eigenvalue weighted by Crippen LogP contribution is -2.52. The number of nitrogens with one attached hydrogen (secondary N) is 1. The smallest absolute Gasteiger partial charge is 0.345 e. The number of rotatable bonds is 9. The summed E-state index contributed by atoms with van der Waals surface area (Å²) in [5.74, 6) is 2.42. The third kappa shape index (κ3) is 8.63. The Labute approximate surface area is 209 Å². The Hall–Kier alpha value is -1.87. The van der Waals surface area contributed by atoms with E-state index in [1.165, 1.54) is 19.3 Å². The van der Waals surface area contributed by atoms with Gasteiger partial charge in [-0.3, -0.25) is 9.69 Å². The van der Waals surface area contributed by atoms with Crippen LogP contribution in [0, 0.1) is 5.92 Å². The second kappa shape index (κ2) is 12.4. The van der Waals surface area contributed by atoms with Crippen molar-refractivity contribution in [2.45, 2.75) is 97.3 Å². The van der Waals surface area contributed by atoms with Crippen LogP contribution in [0.4, 0.5) is 14.6 Å². The van der Waals surface area contributed by atoms with E-state index in [9.17, 15) is 13.6 Å². The first-order valence-corrected chi connectivity index (χ1v) is 13.1. The van der Waals surface area contributed by atoms with Crippen LogP contribution in [0.5, 0.6) is 0 Å². The van der Waals surface area contributed by atoms with Gasteiger partial charge in [-0.25, -0.2) is 9.97 Å². The number of aromatic nitrogens is 2. The lowest BCUT2D eigenvalue weighted by Gasteiger charge is -2.41. The topological polar surface area (TPSA) is 70.6 Å². The van der Waals surface area contributed by atoms with E-state index in [2.05, 4.69) is 52.5 Å². The van der Waals surface area contributed by atoms with Crippen molar-refractivity contribution in [2.75, 3.05) is 37.7 Å². The molecule has 198 valence electrons. The fourth-order valence-electron chi connectivity index (χ4n) is 5.17. The summed E-state index contributed by atoms with van der Waals surface area (Å²) in [7, 11) is 0. The second-order valence-corrected chi connectivity index (χ2v) is 11.2. The van der Waals surface area contributed by atoms with Crippen LogP contribution in [0.2, 0.25) is 0 Å². The molecule has 3 rings (SSSR count). The molecule has 0 radical (unpaired) electrons. The number of halogens is 2. The highest BCUT2D eigenvalue weighted by Crippen LogP contribution is 2.28. The first kappa shape index (κ1) is 27.7. The molecule has 1 aromatic rings. The molecule has 35 heavy (non-hydrogen) atoms. The summed E-state index contributed by atoms with van der Waals surface area (Å²) in [6.45, 7) is 11.1. The van der Waals surface area contributed by atoms with Crippen LogP contribution in [-0.4, -0.2) is 72.3 Å². The Bertz CT molecular complexity index is 824. The second-order valence-electron chi connectivity index (χ2n) is 11.2. The zero-order valence-corrected chi connectivity index (χ0v) is 22.0. The molecule has 1 aliphatic carbocycles. The molecule has 1 amide bonds. The molecule has 1 aromatic heterocycles. The first-order chi connectivity index (χ1) is 16.5. The number of hydrogen-bond acceptors (Lipinski definition) is 6. The third-order valence-corrected chi connectivity index (χ3v) is 7.15. The Morgan fingerprint density at radius 3 is 2.51 bits per heavy atom. The van der Waals surface area contributed by atoms with Crippen molar-refractivity contribution in [3.05, 3.63) is 17.6 Å². The van der Waals surface area contributed by atoms with E-state index >= 15 is 0 Å². The maximum absolute atomic E-state index is 12.4. The highest BCUT2D eigenvalue weighted by Gasteiger charge is 2.28. The van der Waals surface area contributed by atoms with Crippen LogP contribution in [0.15, 0.2) is 6.07 Å². The SMILES string of the molecule is CC(=O)NC1CCC(CCN2CCN(c3cc(CCOC(F)F)nc(C(C)(C)C)n3)[C@@H](C)C2)CC1. The quantitative estimate of drug-likeness (QED) is 0.555. The molecule has 0 aromatic carbocycles. The number of anilines is 1. The first-order valence-electron chi connectivity index (χ1n) is 13.1. The molecule has 1 saturated carbocycles. The number of nitrogens with zero attached hydrogens (tertiary/aromatic N) is 4. The minimum atomic E-state index is -2.77. The van der Waals surface area contributed by atoms with Crippen molar-refractivity contribution in [2.24, 2.45) is 5.92 Å². The maximum atomic E-state index is 12.4. The lowest BCUT2D eigenvalue weighted by molar-refractivity contribution is -0.127. The number of alkyl halides is 2. The van der Waals surface area contributed by atoms with Crippen molar-refractivity contribution in [1.82, 2.24) is 20.2 Å². The van der Waals surface area contributed by atoms with Crippen LogP contribution in [0.25, 0.3) is 0 Å². The molecular weight excluding hydrogens is 452 g/mol. The summed E-state index contributed by atoms with van der Waals surface area (Å²) < 4.78 is 29.3. The Morgan fingerprint density at radius 1 is 1.20 bits per heavy atom. The van der Waals surface area contributed by atoms with Gasteiger partial charge in [0.05, 0.1) is 6.61 Å². The van der Waals surface area contributed by atoms with Crippen LogP contribution in [-0.2, 0) is 21.4 Å². The fourth-order valence-corrected chi connectivity index (χ4v) is 5.17. The summed E-state index contributed by atoms with van der Waals surface area (Å²) >= 11 is 0. The van der Waals surface area contributed by atoms with Crippen LogP contribution >= 0.6 is 0 Å². The lowest BCUT2D eigenvalue weighted by atomic mass is 9.84. The Balaban J connectivity index is 1.55. The molecule has 0 bridgehead atoms. The van der Waals surface area contributed by atoms with Crippen LogP contribution < -0.4 is 10.2 Å². The maximum Gasteiger partial charge on any atom is 0.345 e. The van der Waals surface area contributed by atoms with Gasteiger partial charge < -0.3 is 15.0 Å². The predicted octanol–water partition coefficient (Wildman–Crippen LogP) is 4.15. The Kier molecular flexibility index (Phi) is 9.81. The number of piperazine rings is 1. The third-order valence-electron chi connectivity index (χ3n) is 7.15. The van der Waals surface area contributed by atoms with Gasteiger partial charge in [-0.1, -0.05) is 20.8 Å². The standard InChI is InChI=1S/C26H43F2N5O2/c1-18-17-32(12-10-20-6-8-21(9-7-20)29-19(2)34)13-14-33(18)23-16-22(11-15-35-25(27)28)30-24(31-23)26(3,4)5/h16,18,20-21,25H,6-15,17H2,1-5H3,(H,29,34)/t18-,20?,21?/m0/s1. The number of amides is 1. The molecular formula is C26H43F2N5O2. The van der Waals surface area contributed by atoms with Gasteiger partial charge in [0.1, 0.15) is 11.6 Å². The summed E-state index contributed by atoms with van der Waals surface area (Å²) in [5, 5.41) is 3.06. The van der Waals surface area contributed by atoms with Gasteiger partial charge >= 0.3 is 6.61 Å². The van der Waals surface area contributed by atoms with E-state index in [0.29, 0.717) is 18.5 Å². The molecule has 7 nitrogen and oxygen atoms in total. The van der Waals surface area contributed by atoms with E-state index in [1.807, 2.05) is 6.07 Å². The molecule has 1 saturated heterocycles. The minimum absolute atomic E-state index is 0.0617. The zero-order valence-electron chi connectivity index (χ0n) is 22.0. The summed E-state index contributed by atoms with van der Waals surface area (Å²) in [4.78, 5) is 25.7. The molecule has 9 heteroatoms. The molecule has 2 fully saturated rings. The number of hydrogen-bond donors (Lipinski definition) is 1. The fraction of sp³-hybridized carbons (Fsp3) is 0.808.